The molecule has 0 fully saturated rings. The van der Waals surface area contributed by atoms with Crippen LogP contribution in [0.3, 0.4) is 0 Å². The Morgan fingerprint density at radius 1 is 1.55 bits per heavy atom. The average Bonchev–Trinajstić information content (AvgIpc) is 2.37. The molecule has 0 unspecified atom stereocenters. The molecule has 0 aliphatic carbocycles. The van der Waals surface area contributed by atoms with E-state index in [1.165, 1.54) is 17.7 Å². The molecule has 0 spiro atoms. The maximum atomic E-state index is 3.28. The van der Waals surface area contributed by atoms with E-state index in [0.29, 0.717) is 5.41 Å². The largest absolute Gasteiger partial charge is 0.148 e. The smallest absolute Gasteiger partial charge is 0.0180 e. The molecule has 0 amide bonds. The van der Waals surface area contributed by atoms with Crippen LogP contribution in [-0.4, -0.2) is 0 Å². The maximum absolute atomic E-state index is 3.28. The highest BCUT2D eigenvalue weighted by atomic mass is 32.1. The molecule has 0 saturated heterocycles. The fourth-order valence-corrected chi connectivity index (χ4v) is 2.17. The van der Waals surface area contributed by atoms with Gasteiger partial charge in [0.15, 0.2) is 0 Å². The Balaban J connectivity index is 2.73. The van der Waals surface area contributed by atoms with Crippen molar-refractivity contribution in [2.24, 2.45) is 0 Å². The number of thiophene rings is 1. The summed E-state index contributed by atoms with van der Waals surface area (Å²) in [6.45, 7) is 6.81. The maximum Gasteiger partial charge on any atom is 0.0180 e. The summed E-state index contributed by atoms with van der Waals surface area (Å²) in [5.41, 5.74) is 0.336. The minimum Gasteiger partial charge on any atom is -0.148 e. The molecule has 0 bridgehead atoms. The van der Waals surface area contributed by atoms with Gasteiger partial charge in [-0.15, -0.1) is 11.3 Å². The average molecular weight is 167 g/mol. The monoisotopic (exact) mass is 167 g/mol. The Kier molecular flexibility index (Phi) is 2.72. The molecule has 1 aromatic heterocycles. The van der Waals surface area contributed by atoms with E-state index in [9.17, 15) is 0 Å². The van der Waals surface area contributed by atoms with Crippen molar-refractivity contribution in [3.8, 4) is 0 Å². The normalized spacial score (nSPS) is 11.9. The molecule has 1 heterocycles. The van der Waals surface area contributed by atoms with Crippen molar-refractivity contribution in [3.63, 3.8) is 0 Å². The summed E-state index contributed by atoms with van der Waals surface area (Å²) in [7, 11) is 0. The zero-order valence-electron chi connectivity index (χ0n) is 7.48. The molecule has 1 aromatic rings. The lowest BCUT2D eigenvalue weighted by molar-refractivity contribution is 0.482. The van der Waals surface area contributed by atoms with Gasteiger partial charge in [-0.25, -0.2) is 0 Å². The van der Waals surface area contributed by atoms with Gasteiger partial charge in [-0.05, 0) is 29.3 Å². The van der Waals surface area contributed by atoms with Gasteiger partial charge in [-0.1, -0.05) is 27.2 Å². The minimum absolute atomic E-state index is 0.336. The van der Waals surface area contributed by atoms with Crippen molar-refractivity contribution in [2.75, 3.05) is 0 Å². The van der Waals surface area contributed by atoms with Crippen molar-refractivity contribution in [1.82, 2.24) is 0 Å². The van der Waals surface area contributed by atoms with Gasteiger partial charge in [-0.3, -0.25) is 0 Å². The van der Waals surface area contributed by atoms with Crippen LogP contribution < -0.4 is 0 Å². The SMILES string of the molecule is CCCC(C)(C)c1[c]ccs1. The Hall–Kier alpha value is -0.300. The molecule has 0 aliphatic heterocycles. The van der Waals surface area contributed by atoms with Crippen LogP contribution in [0.5, 0.6) is 0 Å². The fraction of sp³-hybridized carbons (Fsp3) is 0.600. The van der Waals surface area contributed by atoms with E-state index in [0.717, 1.165) is 0 Å². The van der Waals surface area contributed by atoms with Gasteiger partial charge in [0.25, 0.3) is 0 Å². The predicted octanol–water partition coefficient (Wildman–Crippen LogP) is 3.63. The second kappa shape index (κ2) is 3.40. The first kappa shape index (κ1) is 8.79. The highest BCUT2D eigenvalue weighted by Gasteiger charge is 2.19. The number of hydrogen-bond donors (Lipinski definition) is 0. The van der Waals surface area contributed by atoms with Crippen LogP contribution in [0.25, 0.3) is 0 Å². The minimum atomic E-state index is 0.336. The second-order valence-corrected chi connectivity index (χ2v) is 4.44. The molecule has 0 atom stereocenters. The van der Waals surface area contributed by atoms with Gasteiger partial charge < -0.3 is 0 Å². The second-order valence-electron chi connectivity index (χ2n) is 3.53. The van der Waals surface area contributed by atoms with Gasteiger partial charge in [0.2, 0.25) is 0 Å². The Morgan fingerprint density at radius 2 is 2.27 bits per heavy atom. The van der Waals surface area contributed by atoms with Crippen molar-refractivity contribution < 1.29 is 0 Å². The Bertz CT molecular complexity index is 197. The van der Waals surface area contributed by atoms with Gasteiger partial charge in [0.1, 0.15) is 0 Å². The van der Waals surface area contributed by atoms with Gasteiger partial charge in [0.05, 0.1) is 0 Å². The molecule has 0 N–H and O–H groups in total. The predicted molar refractivity (Wildman–Crippen MR) is 51.1 cm³/mol. The first-order valence-electron chi connectivity index (χ1n) is 4.12. The molecular formula is C10H15S. The third kappa shape index (κ3) is 2.06. The van der Waals surface area contributed by atoms with E-state index in [2.05, 4.69) is 32.2 Å². The third-order valence-corrected chi connectivity index (χ3v) is 3.14. The zero-order valence-corrected chi connectivity index (χ0v) is 8.29. The van der Waals surface area contributed by atoms with Crippen molar-refractivity contribution >= 4 is 11.3 Å². The summed E-state index contributed by atoms with van der Waals surface area (Å²) >= 11 is 1.81. The standard InChI is InChI=1S/C10H15S/c1-4-7-10(2,3)9-6-5-8-11-9/h5,8H,4,7H2,1-3H3. The van der Waals surface area contributed by atoms with Crippen LogP contribution in [-0.2, 0) is 5.41 Å². The third-order valence-electron chi connectivity index (χ3n) is 1.96. The van der Waals surface area contributed by atoms with E-state index in [4.69, 9.17) is 0 Å². The van der Waals surface area contributed by atoms with Crippen molar-refractivity contribution in [3.05, 3.63) is 22.4 Å². The zero-order chi connectivity index (χ0) is 8.32. The molecule has 0 aliphatic rings. The van der Waals surface area contributed by atoms with Crippen LogP contribution in [0.4, 0.5) is 0 Å². The molecule has 0 aromatic carbocycles. The highest BCUT2D eigenvalue weighted by molar-refractivity contribution is 7.10. The molecule has 11 heavy (non-hydrogen) atoms. The highest BCUT2D eigenvalue weighted by Crippen LogP contribution is 2.30. The van der Waals surface area contributed by atoms with Crippen molar-refractivity contribution in [1.29, 1.82) is 0 Å². The van der Waals surface area contributed by atoms with Crippen LogP contribution in [0.1, 0.15) is 38.5 Å². The molecule has 61 valence electrons. The van der Waals surface area contributed by atoms with E-state index < -0.39 is 0 Å². The molecule has 0 saturated carbocycles. The first-order chi connectivity index (χ1) is 5.17. The summed E-state index contributed by atoms with van der Waals surface area (Å²) in [6, 6.07) is 5.29. The molecule has 1 radical (unpaired) electrons. The van der Waals surface area contributed by atoms with Gasteiger partial charge in [0, 0.05) is 4.88 Å². The molecule has 1 heteroatoms. The van der Waals surface area contributed by atoms with Crippen molar-refractivity contribution in [2.45, 2.75) is 39.0 Å². The lowest BCUT2D eigenvalue weighted by Crippen LogP contribution is -2.14. The summed E-state index contributed by atoms with van der Waals surface area (Å²) in [4.78, 5) is 1.39. The summed E-state index contributed by atoms with van der Waals surface area (Å²) in [5.74, 6) is 0. The molecular weight excluding hydrogens is 152 g/mol. The van der Waals surface area contributed by atoms with Crippen LogP contribution in [0.2, 0.25) is 0 Å². The Morgan fingerprint density at radius 3 is 2.73 bits per heavy atom. The van der Waals surface area contributed by atoms with Crippen LogP contribution >= 0.6 is 11.3 Å². The van der Waals surface area contributed by atoms with E-state index >= 15 is 0 Å². The summed E-state index contributed by atoms with van der Waals surface area (Å²) < 4.78 is 0. The quantitative estimate of drug-likeness (QED) is 0.645. The lowest BCUT2D eigenvalue weighted by Gasteiger charge is -2.21. The Labute approximate surface area is 73.3 Å². The number of rotatable bonds is 3. The van der Waals surface area contributed by atoms with E-state index in [1.54, 1.807) is 0 Å². The fourth-order valence-electron chi connectivity index (χ4n) is 1.34. The summed E-state index contributed by atoms with van der Waals surface area (Å²) in [6.07, 6.45) is 2.50. The topological polar surface area (TPSA) is 0 Å². The first-order valence-corrected chi connectivity index (χ1v) is 5.00. The lowest BCUT2D eigenvalue weighted by atomic mass is 9.86. The number of hydrogen-bond acceptors (Lipinski definition) is 1. The van der Waals surface area contributed by atoms with E-state index in [1.807, 2.05) is 17.4 Å². The molecule has 0 nitrogen and oxygen atoms in total. The van der Waals surface area contributed by atoms with Gasteiger partial charge in [-0.2, -0.15) is 0 Å². The summed E-state index contributed by atoms with van der Waals surface area (Å²) in [5, 5.41) is 2.10. The van der Waals surface area contributed by atoms with Crippen LogP contribution in [0.15, 0.2) is 11.4 Å². The van der Waals surface area contributed by atoms with E-state index in [-0.39, 0.29) is 0 Å². The molecule has 1 rings (SSSR count). The van der Waals surface area contributed by atoms with Crippen LogP contribution in [0, 0.1) is 6.07 Å². The van der Waals surface area contributed by atoms with Gasteiger partial charge >= 0.3 is 0 Å².